The molecule has 2 aromatic rings. The van der Waals surface area contributed by atoms with Crippen LogP contribution in [-0.4, -0.2) is 31.4 Å². The first kappa shape index (κ1) is 16.9. The van der Waals surface area contributed by atoms with Crippen molar-refractivity contribution < 1.29 is 9.59 Å². The van der Waals surface area contributed by atoms with Crippen LogP contribution in [0.2, 0.25) is 0 Å². The third-order valence-corrected chi connectivity index (χ3v) is 5.84. The van der Waals surface area contributed by atoms with Crippen LogP contribution in [-0.2, 0) is 16.7 Å². The van der Waals surface area contributed by atoms with Gasteiger partial charge in [0.25, 0.3) is 0 Å². The molecule has 3 N–H and O–H groups in total. The number of nitrogens with one attached hydrogen (secondary N) is 1. The van der Waals surface area contributed by atoms with Gasteiger partial charge in [-0.3, -0.25) is 0 Å². The Morgan fingerprint density at radius 1 is 1.12 bits per heavy atom. The van der Waals surface area contributed by atoms with Gasteiger partial charge < -0.3 is 0 Å². The molecule has 0 radical (unpaired) electrons. The molecule has 7 heteroatoms. The minimum absolute atomic E-state index is 0.0226. The van der Waals surface area contributed by atoms with E-state index in [0.29, 0.717) is 17.8 Å². The summed E-state index contributed by atoms with van der Waals surface area (Å²) in [5, 5.41) is 8.06. The number of anilines is 1. The Balaban J connectivity index is 1.78. The third-order valence-electron chi connectivity index (χ3n) is 3.69. The fourth-order valence-electron chi connectivity index (χ4n) is 2.51. The maximum absolute atomic E-state index is 12.2. The van der Waals surface area contributed by atoms with Crippen LogP contribution >= 0.6 is 15.9 Å². The first-order chi connectivity index (χ1) is 11.5. The Kier molecular flexibility index (Phi) is 4.85. The van der Waals surface area contributed by atoms with Gasteiger partial charge in [0, 0.05) is 0 Å². The third kappa shape index (κ3) is 3.43. The molecule has 2 aromatic carbocycles. The first-order valence-electron chi connectivity index (χ1n) is 7.16. The number of fused-ring (bicyclic) bond motifs is 1. The number of hydrogen-bond acceptors (Lipinski definition) is 3. The zero-order valence-corrected chi connectivity index (χ0v) is 15.9. The molecule has 1 aliphatic rings. The Labute approximate surface area is 154 Å². The summed E-state index contributed by atoms with van der Waals surface area (Å²) in [4.78, 5) is 25.9. The number of amides is 1. The van der Waals surface area contributed by atoms with E-state index < -0.39 is 11.7 Å². The molecule has 1 amide bonds. The normalized spacial score (nSPS) is 13.3. The second-order valence-electron chi connectivity index (χ2n) is 5.35. The number of amidine groups is 1. The average molecular weight is 451 g/mol. The Morgan fingerprint density at radius 2 is 1.79 bits per heavy atom. The molecular weight excluding hydrogens is 437 g/mol. The second-order valence-corrected chi connectivity index (χ2v) is 8.40. The molecule has 1 heterocycles. The molecule has 0 fully saturated rings. The minimum atomic E-state index is -0.493. The monoisotopic (exact) mass is 451 g/mol. The molecule has 0 saturated carbocycles. The van der Waals surface area contributed by atoms with Crippen molar-refractivity contribution in [2.75, 3.05) is 4.90 Å². The molecule has 122 valence electrons. The van der Waals surface area contributed by atoms with Crippen molar-refractivity contribution in [2.45, 2.75) is 11.9 Å². The zero-order chi connectivity index (χ0) is 17.3. The van der Waals surface area contributed by atoms with Gasteiger partial charge in [0.05, 0.1) is 0 Å². The number of carbonyl (C=O) groups is 2. The maximum atomic E-state index is 12.2. The fourth-order valence-corrected chi connectivity index (χ4v) is 3.96. The summed E-state index contributed by atoms with van der Waals surface area (Å²) in [7, 11) is 0. The Bertz CT molecular complexity index is 836. The summed E-state index contributed by atoms with van der Waals surface area (Å²) in [6.07, 6.45) is 0. The van der Waals surface area contributed by atoms with Crippen molar-refractivity contribution in [1.29, 1.82) is 5.41 Å². The van der Waals surface area contributed by atoms with Gasteiger partial charge in [0.1, 0.15) is 0 Å². The van der Waals surface area contributed by atoms with E-state index in [9.17, 15) is 9.59 Å². The molecule has 0 atom stereocenters. The van der Waals surface area contributed by atoms with Gasteiger partial charge in [-0.1, -0.05) is 0 Å². The fraction of sp³-hybridized carbons (Fsp3) is 0.118. The number of halogens is 1. The molecule has 3 rings (SSSR count). The number of rotatable bonds is 5. The number of carbonyl (C=O) groups excluding carboxylic acids is 2. The molecule has 5 nitrogen and oxygen atoms in total. The van der Waals surface area contributed by atoms with Crippen LogP contribution in [0.3, 0.4) is 0 Å². The number of hydrogen-bond donors (Lipinski definition) is 2. The second kappa shape index (κ2) is 6.89. The summed E-state index contributed by atoms with van der Waals surface area (Å²) in [6.45, 7) is 0.358. The van der Waals surface area contributed by atoms with E-state index in [2.05, 4.69) is 15.9 Å². The number of nitrogens with two attached hydrogens (primary N) is 1. The molecular formula is C17H14BrN3O2Se. The predicted octanol–water partition coefficient (Wildman–Crippen LogP) is 2.28. The van der Waals surface area contributed by atoms with Crippen LogP contribution in [0.5, 0.6) is 0 Å². The van der Waals surface area contributed by atoms with Crippen molar-refractivity contribution in [3.05, 3.63) is 63.6 Å². The topological polar surface area (TPSA) is 87.2 Å². The molecule has 0 aliphatic carbocycles. The van der Waals surface area contributed by atoms with E-state index in [4.69, 9.17) is 11.1 Å². The molecule has 0 aromatic heterocycles. The van der Waals surface area contributed by atoms with E-state index in [-0.39, 0.29) is 19.7 Å². The standard InChI is InChI=1S/C17H14BrN3O2Se/c18-12-5-6-14-13(7-12)15(22)16(23)21(14)8-10-1-3-11(4-2-10)9-24-17(19)20/h1-7H,8-9H2,(H3,19,20). The molecule has 0 unspecified atom stereocenters. The summed E-state index contributed by atoms with van der Waals surface area (Å²) in [5.41, 5.74) is 8.55. The van der Waals surface area contributed by atoms with Gasteiger partial charge in [0.2, 0.25) is 0 Å². The van der Waals surface area contributed by atoms with Crippen molar-refractivity contribution in [2.24, 2.45) is 5.73 Å². The van der Waals surface area contributed by atoms with Gasteiger partial charge in [-0.25, -0.2) is 0 Å². The predicted molar refractivity (Wildman–Crippen MR) is 97.5 cm³/mol. The van der Waals surface area contributed by atoms with E-state index in [1.54, 1.807) is 12.1 Å². The quantitative estimate of drug-likeness (QED) is 0.317. The van der Waals surface area contributed by atoms with Gasteiger partial charge in [-0.05, 0) is 0 Å². The average Bonchev–Trinajstić information content (AvgIpc) is 2.79. The van der Waals surface area contributed by atoms with E-state index >= 15 is 0 Å². The SMILES string of the molecule is N=C(N)[Se]Cc1ccc(CN2C(=O)C(=O)c3cc(Br)ccc32)cc1. The molecule has 1 aliphatic heterocycles. The van der Waals surface area contributed by atoms with Crippen LogP contribution < -0.4 is 10.6 Å². The van der Waals surface area contributed by atoms with Crippen molar-refractivity contribution in [3.63, 3.8) is 0 Å². The number of benzene rings is 2. The summed E-state index contributed by atoms with van der Waals surface area (Å²) < 4.78 is 1.01. The van der Waals surface area contributed by atoms with Crippen molar-refractivity contribution in [3.8, 4) is 0 Å². The van der Waals surface area contributed by atoms with Gasteiger partial charge >= 0.3 is 154 Å². The van der Waals surface area contributed by atoms with Crippen molar-refractivity contribution >= 4 is 53.0 Å². The summed E-state index contributed by atoms with van der Waals surface area (Å²) >= 11 is 3.30. The zero-order valence-electron chi connectivity index (χ0n) is 12.6. The molecule has 0 spiro atoms. The molecule has 0 bridgehead atoms. The van der Waals surface area contributed by atoms with Crippen LogP contribution in [0, 0.1) is 5.41 Å². The summed E-state index contributed by atoms with van der Waals surface area (Å²) in [6, 6.07) is 13.1. The van der Waals surface area contributed by atoms with Gasteiger partial charge in [-0.15, -0.1) is 0 Å². The molecule has 24 heavy (non-hydrogen) atoms. The first-order valence-corrected chi connectivity index (χ1v) is 10.0. The van der Waals surface area contributed by atoms with Gasteiger partial charge in [0.15, 0.2) is 0 Å². The van der Waals surface area contributed by atoms with E-state index in [1.165, 1.54) is 4.90 Å². The Morgan fingerprint density at radius 3 is 2.46 bits per heavy atom. The van der Waals surface area contributed by atoms with E-state index in [1.807, 2.05) is 30.3 Å². The van der Waals surface area contributed by atoms with Crippen molar-refractivity contribution in [1.82, 2.24) is 0 Å². The number of nitrogens with zero attached hydrogens (tertiary/aromatic N) is 1. The van der Waals surface area contributed by atoms with Crippen LogP contribution in [0.25, 0.3) is 0 Å². The molecule has 0 saturated heterocycles. The van der Waals surface area contributed by atoms with Gasteiger partial charge in [-0.2, -0.15) is 0 Å². The van der Waals surface area contributed by atoms with E-state index in [0.717, 1.165) is 20.9 Å². The Hall–Kier alpha value is -1.95. The van der Waals surface area contributed by atoms with Crippen LogP contribution in [0.15, 0.2) is 46.9 Å². The number of Topliss-reactive ketones (excluding diaryl/α,β-unsaturated/α-hetero) is 1. The van der Waals surface area contributed by atoms with Crippen LogP contribution in [0.1, 0.15) is 21.5 Å². The summed E-state index contributed by atoms with van der Waals surface area (Å²) in [5.74, 6) is -0.959. The number of ketones is 1. The van der Waals surface area contributed by atoms with Crippen LogP contribution in [0.4, 0.5) is 5.69 Å².